The van der Waals surface area contributed by atoms with E-state index in [0.717, 1.165) is 13.1 Å². The largest absolute Gasteiger partial charge is 0.443 e. The zero-order valence-corrected chi connectivity index (χ0v) is 17.3. The summed E-state index contributed by atoms with van der Waals surface area (Å²) in [7, 11) is 0. The van der Waals surface area contributed by atoms with Gasteiger partial charge in [-0.2, -0.15) is 0 Å². The fourth-order valence-electron chi connectivity index (χ4n) is 3.51. The number of nitrogens with zero attached hydrogens (tertiary/aromatic N) is 3. The van der Waals surface area contributed by atoms with Crippen LogP contribution >= 0.6 is 0 Å². The number of piperidine rings is 1. The molecule has 1 aliphatic heterocycles. The number of anilines is 1. The number of hydrogen-bond donors (Lipinski definition) is 0. The molecule has 0 unspecified atom stereocenters. The molecule has 1 aromatic heterocycles. The maximum absolute atomic E-state index is 12.4. The minimum Gasteiger partial charge on any atom is -0.443 e. The van der Waals surface area contributed by atoms with Crippen LogP contribution in [0, 0.1) is 5.92 Å². The highest BCUT2D eigenvalue weighted by atomic mass is 16.6. The molecule has 0 N–H and O–H groups in total. The van der Waals surface area contributed by atoms with E-state index in [1.54, 1.807) is 4.90 Å². The third kappa shape index (κ3) is 5.70. The van der Waals surface area contributed by atoms with Gasteiger partial charge in [0.15, 0.2) is 0 Å². The van der Waals surface area contributed by atoms with Crippen molar-refractivity contribution >= 4 is 11.9 Å². The fourth-order valence-corrected chi connectivity index (χ4v) is 3.51. The zero-order valence-electron chi connectivity index (χ0n) is 17.3. The van der Waals surface area contributed by atoms with E-state index < -0.39 is 5.60 Å². The number of carbonyl (C=O) groups excluding carboxylic acids is 1. The lowest BCUT2D eigenvalue weighted by atomic mass is 9.95. The molecule has 26 heavy (non-hydrogen) atoms. The van der Waals surface area contributed by atoms with E-state index in [2.05, 4.69) is 29.8 Å². The van der Waals surface area contributed by atoms with E-state index in [1.165, 1.54) is 24.8 Å². The summed E-state index contributed by atoms with van der Waals surface area (Å²) in [5, 5.41) is 0. The third-order valence-electron chi connectivity index (χ3n) is 4.58. The summed E-state index contributed by atoms with van der Waals surface area (Å²) in [5.74, 6) is 1.31. The SMILES string of the molecule is CCN(C(=O)OC(C)(C)C)c1ccc([C@@H]2CCCCN2CC(C)C)cn1. The van der Waals surface area contributed by atoms with Crippen LogP contribution in [0.2, 0.25) is 0 Å². The van der Waals surface area contributed by atoms with Gasteiger partial charge in [0.25, 0.3) is 0 Å². The van der Waals surface area contributed by atoms with E-state index in [4.69, 9.17) is 4.74 Å². The summed E-state index contributed by atoms with van der Waals surface area (Å²) >= 11 is 0. The van der Waals surface area contributed by atoms with Crippen LogP contribution in [0.1, 0.15) is 72.4 Å². The van der Waals surface area contributed by atoms with Crippen molar-refractivity contribution in [2.75, 3.05) is 24.5 Å². The fraction of sp³-hybridized carbons (Fsp3) is 0.714. The summed E-state index contributed by atoms with van der Waals surface area (Å²) < 4.78 is 5.49. The van der Waals surface area contributed by atoms with Crippen LogP contribution in [0.25, 0.3) is 0 Å². The van der Waals surface area contributed by atoms with Crippen LogP contribution in [-0.2, 0) is 4.74 Å². The smallest absolute Gasteiger partial charge is 0.415 e. The van der Waals surface area contributed by atoms with Gasteiger partial charge < -0.3 is 4.74 Å². The molecule has 0 aromatic carbocycles. The number of aromatic nitrogens is 1. The highest BCUT2D eigenvalue weighted by molar-refractivity contribution is 5.86. The normalized spacial score (nSPS) is 18.8. The average Bonchev–Trinajstić information content (AvgIpc) is 2.54. The van der Waals surface area contributed by atoms with Gasteiger partial charge in [-0.05, 0) is 64.6 Å². The second-order valence-electron chi connectivity index (χ2n) is 8.57. The zero-order chi connectivity index (χ0) is 19.3. The Morgan fingerprint density at radius 3 is 2.62 bits per heavy atom. The monoisotopic (exact) mass is 361 g/mol. The Morgan fingerprint density at radius 1 is 1.35 bits per heavy atom. The van der Waals surface area contributed by atoms with Crippen LogP contribution in [0.3, 0.4) is 0 Å². The lowest BCUT2D eigenvalue weighted by Gasteiger charge is -2.37. The predicted octanol–water partition coefficient (Wildman–Crippen LogP) is 5.03. The molecule has 0 saturated carbocycles. The molecule has 1 saturated heterocycles. The van der Waals surface area contributed by atoms with E-state index >= 15 is 0 Å². The summed E-state index contributed by atoms with van der Waals surface area (Å²) in [5.41, 5.74) is 0.735. The van der Waals surface area contributed by atoms with Crippen LogP contribution < -0.4 is 4.90 Å². The highest BCUT2D eigenvalue weighted by Crippen LogP contribution is 2.31. The van der Waals surface area contributed by atoms with Crippen molar-refractivity contribution in [1.82, 2.24) is 9.88 Å². The van der Waals surface area contributed by atoms with Gasteiger partial charge in [0.1, 0.15) is 11.4 Å². The van der Waals surface area contributed by atoms with Crippen molar-refractivity contribution < 1.29 is 9.53 Å². The summed E-state index contributed by atoms with van der Waals surface area (Å²) in [6.07, 6.45) is 5.30. The van der Waals surface area contributed by atoms with E-state index in [9.17, 15) is 4.79 Å². The van der Waals surface area contributed by atoms with Crippen molar-refractivity contribution in [2.24, 2.45) is 5.92 Å². The van der Waals surface area contributed by atoms with Crippen molar-refractivity contribution in [2.45, 2.75) is 72.4 Å². The molecule has 2 rings (SSSR count). The van der Waals surface area contributed by atoms with E-state index in [1.807, 2.05) is 40.0 Å². The molecule has 1 amide bonds. The first-order valence-electron chi connectivity index (χ1n) is 9.91. The molecule has 5 nitrogen and oxygen atoms in total. The molecule has 0 radical (unpaired) electrons. The molecule has 146 valence electrons. The molecular formula is C21H35N3O2. The Balaban J connectivity index is 2.14. The van der Waals surface area contributed by atoms with Gasteiger partial charge in [-0.25, -0.2) is 9.78 Å². The van der Waals surface area contributed by atoms with Gasteiger partial charge in [-0.15, -0.1) is 0 Å². The van der Waals surface area contributed by atoms with E-state index in [-0.39, 0.29) is 6.09 Å². The molecule has 1 fully saturated rings. The minimum atomic E-state index is -0.510. The number of pyridine rings is 1. The van der Waals surface area contributed by atoms with Gasteiger partial charge in [-0.1, -0.05) is 26.3 Å². The van der Waals surface area contributed by atoms with Gasteiger partial charge in [0.2, 0.25) is 0 Å². The van der Waals surface area contributed by atoms with Crippen LogP contribution in [0.4, 0.5) is 10.6 Å². The second kappa shape index (κ2) is 8.85. The summed E-state index contributed by atoms with van der Waals surface area (Å²) in [4.78, 5) is 21.2. The van der Waals surface area contributed by atoms with Gasteiger partial charge in [-0.3, -0.25) is 9.80 Å². The highest BCUT2D eigenvalue weighted by Gasteiger charge is 2.26. The molecule has 1 atom stereocenters. The molecule has 1 aromatic rings. The topological polar surface area (TPSA) is 45.7 Å². The van der Waals surface area contributed by atoms with Crippen molar-refractivity contribution in [1.29, 1.82) is 0 Å². The van der Waals surface area contributed by atoms with Crippen molar-refractivity contribution in [3.8, 4) is 0 Å². The molecule has 0 aliphatic carbocycles. The van der Waals surface area contributed by atoms with Crippen LogP contribution in [0.15, 0.2) is 18.3 Å². The number of amides is 1. The minimum absolute atomic E-state index is 0.348. The third-order valence-corrected chi connectivity index (χ3v) is 4.58. The van der Waals surface area contributed by atoms with Gasteiger partial charge in [0, 0.05) is 25.3 Å². The average molecular weight is 362 g/mol. The summed E-state index contributed by atoms with van der Waals surface area (Å²) in [6.45, 7) is 14.9. The number of ether oxygens (including phenoxy) is 1. The number of carbonyl (C=O) groups is 1. The molecule has 2 heterocycles. The van der Waals surface area contributed by atoms with Crippen molar-refractivity contribution in [3.63, 3.8) is 0 Å². The first kappa shape index (κ1) is 20.7. The maximum atomic E-state index is 12.4. The lowest BCUT2D eigenvalue weighted by Crippen LogP contribution is -2.37. The number of likely N-dealkylation sites (tertiary alicyclic amines) is 1. The Labute approximate surface area is 158 Å². The van der Waals surface area contributed by atoms with Crippen LogP contribution in [-0.4, -0.2) is 41.2 Å². The molecule has 0 spiro atoms. The molecule has 0 bridgehead atoms. The standard InChI is InChI=1S/C21H35N3O2/c1-7-24(20(25)26-21(4,5)6)19-12-11-17(14-22-19)18-10-8-9-13-23(18)15-16(2)3/h11-12,14,16,18H,7-10,13,15H2,1-6H3/t18-/m0/s1. The number of rotatable bonds is 5. The lowest BCUT2D eigenvalue weighted by molar-refractivity contribution is 0.0581. The first-order valence-corrected chi connectivity index (χ1v) is 9.91. The predicted molar refractivity (Wildman–Crippen MR) is 106 cm³/mol. The van der Waals surface area contributed by atoms with Gasteiger partial charge in [0.05, 0.1) is 0 Å². The molecular weight excluding hydrogens is 326 g/mol. The van der Waals surface area contributed by atoms with Gasteiger partial charge >= 0.3 is 6.09 Å². The number of hydrogen-bond acceptors (Lipinski definition) is 4. The Kier molecular flexibility index (Phi) is 7.04. The molecule has 1 aliphatic rings. The molecule has 5 heteroatoms. The van der Waals surface area contributed by atoms with Crippen LogP contribution in [0.5, 0.6) is 0 Å². The van der Waals surface area contributed by atoms with Crippen molar-refractivity contribution in [3.05, 3.63) is 23.9 Å². The first-order chi connectivity index (χ1) is 12.2. The Morgan fingerprint density at radius 2 is 2.08 bits per heavy atom. The second-order valence-corrected chi connectivity index (χ2v) is 8.57. The Bertz CT molecular complexity index is 578. The Hall–Kier alpha value is -1.62. The summed E-state index contributed by atoms with van der Waals surface area (Å²) in [6, 6.07) is 4.51. The maximum Gasteiger partial charge on any atom is 0.415 e. The quantitative estimate of drug-likeness (QED) is 0.738. The van der Waals surface area contributed by atoms with E-state index in [0.29, 0.717) is 24.3 Å².